The lowest BCUT2D eigenvalue weighted by atomic mass is 10.1. The first-order valence-electron chi connectivity index (χ1n) is 6.89. The number of hydrogen-bond acceptors (Lipinski definition) is 4. The molecule has 0 saturated carbocycles. The molecule has 0 aliphatic rings. The van der Waals surface area contributed by atoms with Gasteiger partial charge in [0.1, 0.15) is 18.1 Å². The van der Waals surface area contributed by atoms with Crippen LogP contribution in [0.15, 0.2) is 48.7 Å². The number of hydrogen-bond donors (Lipinski definition) is 1. The number of rotatable bonds is 7. The van der Waals surface area contributed by atoms with Gasteiger partial charge in [0.2, 0.25) is 0 Å². The highest BCUT2D eigenvalue weighted by molar-refractivity contribution is 5.86. The highest BCUT2D eigenvalue weighted by Crippen LogP contribution is 2.26. The van der Waals surface area contributed by atoms with E-state index in [-0.39, 0.29) is 0 Å². The molecule has 5 nitrogen and oxygen atoms in total. The van der Waals surface area contributed by atoms with Crippen LogP contribution in [-0.4, -0.2) is 22.7 Å². The molecule has 0 saturated heterocycles. The predicted molar refractivity (Wildman–Crippen MR) is 82.8 cm³/mol. The van der Waals surface area contributed by atoms with Gasteiger partial charge in [-0.1, -0.05) is 6.07 Å². The SMILES string of the molecule is CCOc1ccc(OCc2ccccn2)c(/C=C/C(=O)O)c1. The van der Waals surface area contributed by atoms with Gasteiger partial charge in [-0.25, -0.2) is 4.79 Å². The van der Waals surface area contributed by atoms with Crippen molar-refractivity contribution >= 4 is 12.0 Å². The molecule has 0 unspecified atom stereocenters. The van der Waals surface area contributed by atoms with Crippen LogP contribution in [0.4, 0.5) is 0 Å². The van der Waals surface area contributed by atoms with E-state index in [9.17, 15) is 4.79 Å². The summed E-state index contributed by atoms with van der Waals surface area (Å²) in [5.74, 6) is 0.224. The minimum Gasteiger partial charge on any atom is -0.494 e. The zero-order chi connectivity index (χ0) is 15.8. The molecule has 0 aliphatic carbocycles. The smallest absolute Gasteiger partial charge is 0.328 e. The first-order chi connectivity index (χ1) is 10.7. The molecule has 0 fully saturated rings. The van der Waals surface area contributed by atoms with Gasteiger partial charge in [0.15, 0.2) is 0 Å². The summed E-state index contributed by atoms with van der Waals surface area (Å²) < 4.78 is 11.1. The summed E-state index contributed by atoms with van der Waals surface area (Å²) in [6, 6.07) is 10.9. The second kappa shape index (κ2) is 7.83. The summed E-state index contributed by atoms with van der Waals surface area (Å²) in [5.41, 5.74) is 1.44. The van der Waals surface area contributed by atoms with Gasteiger partial charge in [-0.05, 0) is 43.3 Å². The van der Waals surface area contributed by atoms with E-state index in [1.54, 1.807) is 24.4 Å². The summed E-state index contributed by atoms with van der Waals surface area (Å²) in [6.07, 6.45) is 4.25. The van der Waals surface area contributed by atoms with Crippen LogP contribution in [0.2, 0.25) is 0 Å². The lowest BCUT2D eigenvalue weighted by molar-refractivity contribution is -0.131. The minimum atomic E-state index is -1.02. The van der Waals surface area contributed by atoms with Gasteiger partial charge in [-0.2, -0.15) is 0 Å². The Bertz CT molecular complexity index is 653. The molecule has 2 aromatic rings. The quantitative estimate of drug-likeness (QED) is 0.795. The van der Waals surface area contributed by atoms with Crippen LogP contribution in [0.25, 0.3) is 6.08 Å². The van der Waals surface area contributed by atoms with Crippen LogP contribution in [0, 0.1) is 0 Å². The monoisotopic (exact) mass is 299 g/mol. The Kier molecular flexibility index (Phi) is 5.54. The van der Waals surface area contributed by atoms with Gasteiger partial charge < -0.3 is 14.6 Å². The fraction of sp³-hybridized carbons (Fsp3) is 0.176. The molecular weight excluding hydrogens is 282 g/mol. The molecule has 1 heterocycles. The van der Waals surface area contributed by atoms with Gasteiger partial charge in [-0.3, -0.25) is 4.98 Å². The molecule has 0 atom stereocenters. The summed E-state index contributed by atoms with van der Waals surface area (Å²) in [4.78, 5) is 14.9. The Morgan fingerprint density at radius 2 is 2.14 bits per heavy atom. The Balaban J connectivity index is 2.19. The maximum absolute atomic E-state index is 10.7. The number of pyridine rings is 1. The summed E-state index contributed by atoms with van der Waals surface area (Å²) >= 11 is 0. The van der Waals surface area contributed by atoms with Gasteiger partial charge in [-0.15, -0.1) is 0 Å². The Hall–Kier alpha value is -2.82. The van der Waals surface area contributed by atoms with Crippen molar-refractivity contribution in [2.24, 2.45) is 0 Å². The van der Waals surface area contributed by atoms with Gasteiger partial charge in [0.25, 0.3) is 0 Å². The molecule has 0 radical (unpaired) electrons. The number of ether oxygens (including phenoxy) is 2. The zero-order valence-corrected chi connectivity index (χ0v) is 12.2. The fourth-order valence-corrected chi connectivity index (χ4v) is 1.84. The van der Waals surface area contributed by atoms with E-state index in [1.165, 1.54) is 6.08 Å². The molecule has 2 rings (SSSR count). The van der Waals surface area contributed by atoms with E-state index >= 15 is 0 Å². The van der Waals surface area contributed by atoms with E-state index in [4.69, 9.17) is 14.6 Å². The van der Waals surface area contributed by atoms with Crippen LogP contribution in [0.5, 0.6) is 11.5 Å². The lowest BCUT2D eigenvalue weighted by Gasteiger charge is -2.11. The summed E-state index contributed by atoms with van der Waals surface area (Å²) in [7, 11) is 0. The molecule has 0 spiro atoms. The van der Waals surface area contributed by atoms with Crippen LogP contribution >= 0.6 is 0 Å². The van der Waals surface area contributed by atoms with E-state index < -0.39 is 5.97 Å². The second-order valence-electron chi connectivity index (χ2n) is 4.41. The fourth-order valence-electron chi connectivity index (χ4n) is 1.84. The number of aromatic nitrogens is 1. The number of carbonyl (C=O) groups is 1. The van der Waals surface area contributed by atoms with Crippen molar-refractivity contribution in [2.45, 2.75) is 13.5 Å². The molecule has 1 aromatic carbocycles. The summed E-state index contributed by atoms with van der Waals surface area (Å²) in [5, 5.41) is 8.78. The van der Waals surface area contributed by atoms with Crippen molar-refractivity contribution in [3.8, 4) is 11.5 Å². The highest BCUT2D eigenvalue weighted by Gasteiger charge is 2.05. The Labute approximate surface area is 128 Å². The summed E-state index contributed by atoms with van der Waals surface area (Å²) in [6.45, 7) is 2.73. The molecule has 0 bridgehead atoms. The third-order valence-electron chi connectivity index (χ3n) is 2.80. The van der Waals surface area contributed by atoms with Gasteiger partial charge in [0.05, 0.1) is 12.3 Å². The van der Waals surface area contributed by atoms with Crippen molar-refractivity contribution < 1.29 is 19.4 Å². The van der Waals surface area contributed by atoms with E-state index in [0.29, 0.717) is 30.3 Å². The Morgan fingerprint density at radius 1 is 1.27 bits per heavy atom. The molecule has 1 aromatic heterocycles. The number of nitrogens with zero attached hydrogens (tertiary/aromatic N) is 1. The van der Waals surface area contributed by atoms with Crippen LogP contribution in [0.1, 0.15) is 18.2 Å². The average Bonchev–Trinajstić information content (AvgIpc) is 2.53. The van der Waals surface area contributed by atoms with Crippen molar-refractivity contribution in [2.75, 3.05) is 6.61 Å². The lowest BCUT2D eigenvalue weighted by Crippen LogP contribution is -2.00. The molecule has 5 heteroatoms. The zero-order valence-electron chi connectivity index (χ0n) is 12.2. The number of aliphatic carboxylic acids is 1. The first kappa shape index (κ1) is 15.6. The first-order valence-corrected chi connectivity index (χ1v) is 6.89. The van der Waals surface area contributed by atoms with E-state index in [0.717, 1.165) is 11.8 Å². The van der Waals surface area contributed by atoms with E-state index in [2.05, 4.69) is 4.98 Å². The molecule has 114 valence electrons. The number of carboxylic acids is 1. The standard InChI is InChI=1S/C17H17NO4/c1-2-21-15-7-8-16(13(11-15)6-9-17(19)20)22-12-14-5-3-4-10-18-14/h3-11H,2,12H2,1H3,(H,19,20)/b9-6+. The molecular formula is C17H17NO4. The highest BCUT2D eigenvalue weighted by atomic mass is 16.5. The molecule has 22 heavy (non-hydrogen) atoms. The van der Waals surface area contributed by atoms with Crippen LogP contribution in [-0.2, 0) is 11.4 Å². The van der Waals surface area contributed by atoms with Crippen molar-refractivity contribution in [3.05, 3.63) is 59.9 Å². The number of benzene rings is 1. The normalized spacial score (nSPS) is 10.6. The van der Waals surface area contributed by atoms with Crippen molar-refractivity contribution in [1.82, 2.24) is 4.98 Å². The largest absolute Gasteiger partial charge is 0.494 e. The minimum absolute atomic E-state index is 0.308. The topological polar surface area (TPSA) is 68.7 Å². The second-order valence-corrected chi connectivity index (χ2v) is 4.41. The van der Waals surface area contributed by atoms with Crippen LogP contribution in [0.3, 0.4) is 0 Å². The average molecular weight is 299 g/mol. The number of carboxylic acid groups (broad SMARTS) is 1. The van der Waals surface area contributed by atoms with E-state index in [1.807, 2.05) is 25.1 Å². The van der Waals surface area contributed by atoms with Crippen molar-refractivity contribution in [3.63, 3.8) is 0 Å². The molecule has 0 amide bonds. The van der Waals surface area contributed by atoms with Gasteiger partial charge >= 0.3 is 5.97 Å². The molecule has 1 N–H and O–H groups in total. The Morgan fingerprint density at radius 3 is 2.82 bits per heavy atom. The molecule has 0 aliphatic heterocycles. The predicted octanol–water partition coefficient (Wildman–Crippen LogP) is 3.16. The third-order valence-corrected chi connectivity index (χ3v) is 2.80. The maximum atomic E-state index is 10.7. The van der Waals surface area contributed by atoms with Crippen LogP contribution < -0.4 is 9.47 Å². The third kappa shape index (κ3) is 4.63. The van der Waals surface area contributed by atoms with Crippen molar-refractivity contribution in [1.29, 1.82) is 0 Å². The van der Waals surface area contributed by atoms with Gasteiger partial charge in [0, 0.05) is 17.8 Å². The maximum Gasteiger partial charge on any atom is 0.328 e.